The van der Waals surface area contributed by atoms with Crippen molar-refractivity contribution in [3.8, 4) is 0 Å². The van der Waals surface area contributed by atoms with Crippen LogP contribution >= 0.6 is 33.9 Å². The van der Waals surface area contributed by atoms with Gasteiger partial charge in [0.2, 0.25) is 0 Å². The molecule has 2 aromatic rings. The zero-order valence-corrected chi connectivity index (χ0v) is 13.5. The van der Waals surface area contributed by atoms with E-state index in [0.29, 0.717) is 11.1 Å². The van der Waals surface area contributed by atoms with Crippen LogP contribution in [-0.4, -0.2) is 10.8 Å². The lowest BCUT2D eigenvalue weighted by molar-refractivity contribution is -0.384. The summed E-state index contributed by atoms with van der Waals surface area (Å²) < 4.78 is 1.04. The molecule has 7 heteroatoms. The number of thiophene rings is 1. The minimum absolute atomic E-state index is 0.0219. The first-order valence-corrected chi connectivity index (χ1v) is 7.72. The average Bonchev–Trinajstić information content (AvgIpc) is 2.85. The number of rotatable bonds is 4. The molecule has 0 bridgehead atoms. The van der Waals surface area contributed by atoms with Gasteiger partial charge in [0.15, 0.2) is 0 Å². The SMILES string of the molecule is CC(NC(=O)c1csc(I)c1)c1cccc([N+](=O)[O-])c1. The van der Waals surface area contributed by atoms with Gasteiger partial charge in [0, 0.05) is 17.5 Å². The molecule has 2 rings (SSSR count). The number of halogens is 1. The van der Waals surface area contributed by atoms with Gasteiger partial charge in [-0.1, -0.05) is 12.1 Å². The second kappa shape index (κ2) is 6.31. The average molecular weight is 402 g/mol. The normalized spacial score (nSPS) is 11.9. The number of hydrogen-bond donors (Lipinski definition) is 1. The first-order valence-electron chi connectivity index (χ1n) is 5.76. The Labute approximate surface area is 133 Å². The topological polar surface area (TPSA) is 72.2 Å². The van der Waals surface area contributed by atoms with E-state index in [-0.39, 0.29) is 17.6 Å². The summed E-state index contributed by atoms with van der Waals surface area (Å²) in [6.45, 7) is 1.80. The number of nitrogens with one attached hydrogen (secondary N) is 1. The maximum absolute atomic E-state index is 12.0. The number of amides is 1. The largest absolute Gasteiger partial charge is 0.345 e. The number of nitro benzene ring substituents is 1. The summed E-state index contributed by atoms with van der Waals surface area (Å²) in [6, 6.07) is 7.79. The molecule has 20 heavy (non-hydrogen) atoms. The van der Waals surface area contributed by atoms with Crippen LogP contribution in [0.5, 0.6) is 0 Å². The number of nitrogens with zero attached hydrogens (tertiary/aromatic N) is 1. The Bertz CT molecular complexity index is 657. The fourth-order valence-corrected chi connectivity index (χ4v) is 3.03. The van der Waals surface area contributed by atoms with Gasteiger partial charge in [0.05, 0.1) is 19.4 Å². The summed E-state index contributed by atoms with van der Waals surface area (Å²) in [5.41, 5.74) is 1.34. The third kappa shape index (κ3) is 3.54. The maximum atomic E-state index is 12.0. The molecule has 0 radical (unpaired) electrons. The minimum atomic E-state index is -0.445. The maximum Gasteiger partial charge on any atom is 0.269 e. The first-order chi connectivity index (χ1) is 9.47. The molecule has 1 aromatic carbocycles. The smallest absolute Gasteiger partial charge is 0.269 e. The molecule has 1 amide bonds. The molecule has 0 saturated heterocycles. The molecule has 0 aliphatic heterocycles. The molecule has 0 saturated carbocycles. The molecule has 1 aromatic heterocycles. The monoisotopic (exact) mass is 402 g/mol. The van der Waals surface area contributed by atoms with Crippen molar-refractivity contribution in [2.45, 2.75) is 13.0 Å². The van der Waals surface area contributed by atoms with E-state index >= 15 is 0 Å². The van der Waals surface area contributed by atoms with Crippen LogP contribution < -0.4 is 5.32 Å². The van der Waals surface area contributed by atoms with Crippen LogP contribution in [0.3, 0.4) is 0 Å². The summed E-state index contributed by atoms with van der Waals surface area (Å²) in [6.07, 6.45) is 0. The lowest BCUT2D eigenvalue weighted by Gasteiger charge is -2.13. The van der Waals surface area contributed by atoms with E-state index in [4.69, 9.17) is 0 Å². The van der Waals surface area contributed by atoms with Gasteiger partial charge in [0.25, 0.3) is 11.6 Å². The molecule has 0 fully saturated rings. The minimum Gasteiger partial charge on any atom is -0.345 e. The Morgan fingerprint density at radius 3 is 2.80 bits per heavy atom. The van der Waals surface area contributed by atoms with E-state index in [0.717, 1.165) is 2.88 Å². The Morgan fingerprint density at radius 1 is 1.45 bits per heavy atom. The zero-order valence-electron chi connectivity index (χ0n) is 10.5. The number of hydrogen-bond acceptors (Lipinski definition) is 4. The second-order valence-electron chi connectivity index (χ2n) is 4.19. The first kappa shape index (κ1) is 14.9. The van der Waals surface area contributed by atoms with Crippen LogP contribution in [-0.2, 0) is 0 Å². The van der Waals surface area contributed by atoms with E-state index in [1.165, 1.54) is 23.5 Å². The molecular formula is C13H11IN2O3S. The van der Waals surface area contributed by atoms with Gasteiger partial charge in [-0.25, -0.2) is 0 Å². The van der Waals surface area contributed by atoms with Crippen molar-refractivity contribution in [2.75, 3.05) is 0 Å². The van der Waals surface area contributed by atoms with Gasteiger partial charge >= 0.3 is 0 Å². The quantitative estimate of drug-likeness (QED) is 0.481. The molecule has 1 atom stereocenters. The van der Waals surface area contributed by atoms with E-state index in [9.17, 15) is 14.9 Å². The van der Waals surface area contributed by atoms with Crippen molar-refractivity contribution in [1.29, 1.82) is 0 Å². The van der Waals surface area contributed by atoms with Crippen LogP contribution in [0.2, 0.25) is 0 Å². The number of carbonyl (C=O) groups is 1. The fourth-order valence-electron chi connectivity index (χ4n) is 1.70. The Hall–Kier alpha value is -1.48. The van der Waals surface area contributed by atoms with E-state index in [1.807, 2.05) is 0 Å². The molecule has 0 aliphatic rings. The summed E-state index contributed by atoms with van der Waals surface area (Å²) in [5, 5.41) is 15.4. The van der Waals surface area contributed by atoms with Crippen molar-refractivity contribution in [3.63, 3.8) is 0 Å². The van der Waals surface area contributed by atoms with Gasteiger partial charge in [-0.15, -0.1) is 11.3 Å². The lowest BCUT2D eigenvalue weighted by Crippen LogP contribution is -2.26. The number of nitro groups is 1. The van der Waals surface area contributed by atoms with Gasteiger partial charge in [0.1, 0.15) is 0 Å². The second-order valence-corrected chi connectivity index (χ2v) is 6.99. The van der Waals surface area contributed by atoms with Gasteiger partial charge in [-0.2, -0.15) is 0 Å². The number of non-ortho nitro benzene ring substituents is 1. The highest BCUT2D eigenvalue weighted by Crippen LogP contribution is 2.21. The highest BCUT2D eigenvalue weighted by molar-refractivity contribution is 14.1. The summed E-state index contributed by atoms with van der Waals surface area (Å²) in [7, 11) is 0. The van der Waals surface area contributed by atoms with Crippen molar-refractivity contribution >= 4 is 45.5 Å². The van der Waals surface area contributed by atoms with Crippen LogP contribution in [0, 0.1) is 13.0 Å². The standard InChI is InChI=1S/C13H11IN2O3S/c1-8(9-3-2-4-11(5-9)16(18)19)15-13(17)10-6-12(14)20-7-10/h2-8H,1H3,(H,15,17). The zero-order chi connectivity index (χ0) is 14.7. The summed E-state index contributed by atoms with van der Waals surface area (Å²) >= 11 is 3.65. The van der Waals surface area contributed by atoms with Crippen molar-refractivity contribution in [3.05, 3.63) is 59.8 Å². The van der Waals surface area contributed by atoms with Crippen LogP contribution in [0.15, 0.2) is 35.7 Å². The van der Waals surface area contributed by atoms with Crippen LogP contribution in [0.25, 0.3) is 0 Å². The number of benzene rings is 1. The molecular weight excluding hydrogens is 391 g/mol. The molecule has 0 spiro atoms. The van der Waals surface area contributed by atoms with Gasteiger partial charge in [-0.3, -0.25) is 14.9 Å². The predicted molar refractivity (Wildman–Crippen MR) is 86.0 cm³/mol. The van der Waals surface area contributed by atoms with Crippen molar-refractivity contribution in [1.82, 2.24) is 5.32 Å². The molecule has 5 nitrogen and oxygen atoms in total. The highest BCUT2D eigenvalue weighted by atomic mass is 127. The Morgan fingerprint density at radius 2 is 2.20 bits per heavy atom. The van der Waals surface area contributed by atoms with Gasteiger partial charge in [-0.05, 0) is 41.1 Å². The van der Waals surface area contributed by atoms with E-state index < -0.39 is 4.92 Å². The van der Waals surface area contributed by atoms with Gasteiger partial charge < -0.3 is 5.32 Å². The molecule has 0 aliphatic carbocycles. The molecule has 1 heterocycles. The molecule has 1 N–H and O–H groups in total. The molecule has 104 valence electrons. The number of carbonyl (C=O) groups excluding carboxylic acids is 1. The fraction of sp³-hybridized carbons (Fsp3) is 0.154. The van der Waals surface area contributed by atoms with Crippen LogP contribution in [0.4, 0.5) is 5.69 Å². The molecule has 1 unspecified atom stereocenters. The van der Waals surface area contributed by atoms with Crippen molar-refractivity contribution < 1.29 is 9.72 Å². The summed E-state index contributed by atoms with van der Waals surface area (Å²) in [4.78, 5) is 22.3. The van der Waals surface area contributed by atoms with E-state index in [2.05, 4.69) is 27.9 Å². The van der Waals surface area contributed by atoms with Crippen molar-refractivity contribution in [2.24, 2.45) is 0 Å². The summed E-state index contributed by atoms with van der Waals surface area (Å²) in [5.74, 6) is -0.178. The Kier molecular flexibility index (Phi) is 4.71. The van der Waals surface area contributed by atoms with E-state index in [1.54, 1.807) is 30.5 Å². The Balaban J connectivity index is 2.12. The third-order valence-electron chi connectivity index (χ3n) is 2.76. The highest BCUT2D eigenvalue weighted by Gasteiger charge is 2.15. The lowest BCUT2D eigenvalue weighted by atomic mass is 10.1. The predicted octanol–water partition coefficient (Wildman–Crippen LogP) is 3.75. The third-order valence-corrected chi connectivity index (χ3v) is 4.55. The van der Waals surface area contributed by atoms with Crippen LogP contribution in [0.1, 0.15) is 28.9 Å².